The van der Waals surface area contributed by atoms with E-state index in [4.69, 9.17) is 0 Å². The van der Waals surface area contributed by atoms with Crippen LogP contribution in [0.4, 0.5) is 5.69 Å². The second-order valence-corrected chi connectivity index (χ2v) is 8.44. The topological polar surface area (TPSA) is 95.9 Å². The number of nitrogens with zero attached hydrogens (tertiary/aromatic N) is 4. The highest BCUT2D eigenvalue weighted by molar-refractivity contribution is 7.99. The molecule has 0 radical (unpaired) electrons. The summed E-state index contributed by atoms with van der Waals surface area (Å²) in [5.41, 5.74) is 3.19. The normalized spacial score (nSPS) is 16.2. The second-order valence-electron chi connectivity index (χ2n) is 7.38. The lowest BCUT2D eigenvalue weighted by molar-refractivity contribution is -0.119. The summed E-state index contributed by atoms with van der Waals surface area (Å²) in [6.45, 7) is 0.425. The van der Waals surface area contributed by atoms with Crippen molar-refractivity contribution in [3.05, 3.63) is 72.2 Å². The van der Waals surface area contributed by atoms with Crippen LogP contribution in [0, 0.1) is 0 Å². The maximum absolute atomic E-state index is 13.1. The van der Waals surface area contributed by atoms with Crippen LogP contribution in [-0.4, -0.2) is 50.6 Å². The van der Waals surface area contributed by atoms with Crippen LogP contribution in [0.2, 0.25) is 0 Å². The summed E-state index contributed by atoms with van der Waals surface area (Å²) in [6, 6.07) is 15.1. The van der Waals surface area contributed by atoms with E-state index in [9.17, 15) is 9.59 Å². The summed E-state index contributed by atoms with van der Waals surface area (Å²) in [6.07, 6.45) is 3.31. The van der Waals surface area contributed by atoms with Gasteiger partial charge < -0.3 is 15.2 Å². The molecule has 4 aromatic rings. The van der Waals surface area contributed by atoms with Crippen molar-refractivity contribution in [3.63, 3.8) is 0 Å². The number of thioether (sulfide) groups is 1. The number of carbonyl (C=O) groups excluding carboxylic acids is 2. The molecule has 2 aromatic carbocycles. The number of rotatable bonds is 4. The lowest BCUT2D eigenvalue weighted by Crippen LogP contribution is -2.48. The quantitative estimate of drug-likeness (QED) is 0.517. The fraction of sp³-hybridized carbons (Fsp3) is 0.182. The third-order valence-corrected chi connectivity index (χ3v) is 6.50. The maximum Gasteiger partial charge on any atom is 0.271 e. The number of nitrogens with one attached hydrogen (secondary N) is 2. The van der Waals surface area contributed by atoms with Crippen LogP contribution in [0.25, 0.3) is 10.9 Å². The average Bonchev–Trinajstić information content (AvgIpc) is 3.42. The predicted octanol–water partition coefficient (Wildman–Crippen LogP) is 2.67. The molecule has 5 rings (SSSR count). The van der Waals surface area contributed by atoms with Gasteiger partial charge >= 0.3 is 0 Å². The van der Waals surface area contributed by atoms with Crippen molar-refractivity contribution in [2.24, 2.45) is 0 Å². The zero-order valence-electron chi connectivity index (χ0n) is 16.8. The Labute approximate surface area is 182 Å². The zero-order chi connectivity index (χ0) is 21.4. The molecular weight excluding hydrogens is 412 g/mol. The van der Waals surface area contributed by atoms with Crippen LogP contribution >= 0.6 is 11.8 Å². The molecule has 0 fully saturated rings. The number of aromatic nitrogens is 4. The number of carbonyl (C=O) groups is 2. The molecule has 0 spiro atoms. The van der Waals surface area contributed by atoms with E-state index in [0.29, 0.717) is 18.0 Å². The average molecular weight is 433 g/mol. The van der Waals surface area contributed by atoms with Gasteiger partial charge in [0.05, 0.1) is 18.4 Å². The number of fused-ring (bicyclic) bond motifs is 2. The van der Waals surface area contributed by atoms with E-state index in [0.717, 1.165) is 27.0 Å². The van der Waals surface area contributed by atoms with Gasteiger partial charge in [-0.2, -0.15) is 0 Å². The standard InChI is InChI=1S/C22H20N6O2S/c1-27-18-9-15-7-8-23-16(15)10-20(18)31-13-17(22(27)30)25-21(29)19-11-24-26-28(19)12-14-5-3-2-4-6-14/h2-11,17,23H,12-13H2,1H3,(H,25,29)/t17-/m0/s1. The molecule has 0 aliphatic carbocycles. The summed E-state index contributed by atoms with van der Waals surface area (Å²) < 4.78 is 1.54. The molecule has 9 heteroatoms. The monoisotopic (exact) mass is 432 g/mol. The molecule has 1 atom stereocenters. The Balaban J connectivity index is 1.35. The number of likely N-dealkylation sites (N-methyl/N-ethyl adjacent to an activating group) is 1. The van der Waals surface area contributed by atoms with Crippen molar-refractivity contribution < 1.29 is 9.59 Å². The van der Waals surface area contributed by atoms with Crippen molar-refractivity contribution >= 4 is 40.2 Å². The van der Waals surface area contributed by atoms with E-state index < -0.39 is 6.04 Å². The van der Waals surface area contributed by atoms with Crippen LogP contribution in [0.15, 0.2) is 65.8 Å². The lowest BCUT2D eigenvalue weighted by atomic mass is 10.2. The van der Waals surface area contributed by atoms with E-state index in [1.807, 2.05) is 54.7 Å². The molecule has 156 valence electrons. The Kier molecular flexibility index (Phi) is 4.95. The van der Waals surface area contributed by atoms with Gasteiger partial charge in [0, 0.05) is 34.8 Å². The van der Waals surface area contributed by atoms with Gasteiger partial charge in [0.2, 0.25) is 5.91 Å². The molecule has 0 saturated heterocycles. The third kappa shape index (κ3) is 3.68. The zero-order valence-corrected chi connectivity index (χ0v) is 17.6. The molecule has 1 aliphatic heterocycles. The van der Waals surface area contributed by atoms with Crippen LogP contribution in [0.5, 0.6) is 0 Å². The van der Waals surface area contributed by atoms with Crippen molar-refractivity contribution in [3.8, 4) is 0 Å². The van der Waals surface area contributed by atoms with Gasteiger partial charge in [0.1, 0.15) is 11.7 Å². The highest BCUT2D eigenvalue weighted by Gasteiger charge is 2.31. The molecule has 0 bridgehead atoms. The van der Waals surface area contributed by atoms with Crippen molar-refractivity contribution in [1.82, 2.24) is 25.3 Å². The Morgan fingerprint density at radius 2 is 2.10 bits per heavy atom. The highest BCUT2D eigenvalue weighted by atomic mass is 32.2. The third-order valence-electron chi connectivity index (χ3n) is 5.36. The molecule has 0 saturated carbocycles. The fourth-order valence-corrected chi connectivity index (χ4v) is 4.80. The van der Waals surface area contributed by atoms with Crippen molar-refractivity contribution in [1.29, 1.82) is 0 Å². The largest absolute Gasteiger partial charge is 0.361 e. The second kappa shape index (κ2) is 7.92. The van der Waals surface area contributed by atoms with Crippen LogP contribution < -0.4 is 10.2 Å². The summed E-state index contributed by atoms with van der Waals surface area (Å²) >= 11 is 1.55. The van der Waals surface area contributed by atoms with Gasteiger partial charge in [-0.3, -0.25) is 9.59 Å². The summed E-state index contributed by atoms with van der Waals surface area (Å²) in [4.78, 5) is 31.9. The minimum atomic E-state index is -0.659. The molecule has 2 aromatic heterocycles. The van der Waals surface area contributed by atoms with Crippen LogP contribution in [0.3, 0.4) is 0 Å². The van der Waals surface area contributed by atoms with Gasteiger partial charge in [-0.25, -0.2) is 4.68 Å². The molecular formula is C22H20N6O2S. The van der Waals surface area contributed by atoms with Gasteiger partial charge in [-0.05, 0) is 23.8 Å². The van der Waals surface area contributed by atoms with Gasteiger partial charge in [-0.15, -0.1) is 16.9 Å². The molecule has 2 N–H and O–H groups in total. The van der Waals surface area contributed by atoms with Crippen molar-refractivity contribution in [2.45, 2.75) is 17.5 Å². The fourth-order valence-electron chi connectivity index (χ4n) is 3.69. The molecule has 1 aliphatic rings. The van der Waals surface area contributed by atoms with Gasteiger partial charge in [0.15, 0.2) is 0 Å². The van der Waals surface area contributed by atoms with Gasteiger partial charge in [-0.1, -0.05) is 35.5 Å². The SMILES string of the molecule is CN1C(=O)[C@@H](NC(=O)c2cnnn2Cc2ccccc2)CSc2cc3[nH]ccc3cc21. The number of benzene rings is 2. The molecule has 8 nitrogen and oxygen atoms in total. The van der Waals surface area contributed by atoms with Crippen molar-refractivity contribution in [2.75, 3.05) is 17.7 Å². The number of hydrogen-bond acceptors (Lipinski definition) is 5. The molecule has 3 heterocycles. The first-order chi connectivity index (χ1) is 15.1. The summed E-state index contributed by atoms with van der Waals surface area (Å²) in [5, 5.41) is 11.8. The first kappa shape index (κ1) is 19.4. The van der Waals surface area contributed by atoms with E-state index in [1.54, 1.807) is 28.4 Å². The molecule has 0 unspecified atom stereocenters. The number of hydrogen-bond donors (Lipinski definition) is 2. The van der Waals surface area contributed by atoms with Crippen LogP contribution in [-0.2, 0) is 11.3 Å². The maximum atomic E-state index is 13.1. The minimum Gasteiger partial charge on any atom is -0.361 e. The number of aromatic amines is 1. The molecule has 2 amide bonds. The Morgan fingerprint density at radius 3 is 2.94 bits per heavy atom. The first-order valence-electron chi connectivity index (χ1n) is 9.85. The molecule has 31 heavy (non-hydrogen) atoms. The van der Waals surface area contributed by atoms with E-state index in [1.165, 1.54) is 6.20 Å². The summed E-state index contributed by atoms with van der Waals surface area (Å²) in [5.74, 6) is -0.0862. The summed E-state index contributed by atoms with van der Waals surface area (Å²) in [7, 11) is 1.74. The Morgan fingerprint density at radius 1 is 1.26 bits per heavy atom. The van der Waals surface area contributed by atoms with E-state index in [2.05, 4.69) is 20.6 Å². The number of anilines is 1. The smallest absolute Gasteiger partial charge is 0.271 e. The van der Waals surface area contributed by atoms with E-state index in [-0.39, 0.29) is 11.8 Å². The van der Waals surface area contributed by atoms with Gasteiger partial charge in [0.25, 0.3) is 5.91 Å². The lowest BCUT2D eigenvalue weighted by Gasteiger charge is -2.21. The van der Waals surface area contributed by atoms with E-state index >= 15 is 0 Å². The first-order valence-corrected chi connectivity index (χ1v) is 10.8. The predicted molar refractivity (Wildman–Crippen MR) is 119 cm³/mol. The minimum absolute atomic E-state index is 0.156. The van der Waals surface area contributed by atoms with Crippen LogP contribution in [0.1, 0.15) is 16.1 Å². The highest BCUT2D eigenvalue weighted by Crippen LogP contribution is 2.36. The Bertz CT molecular complexity index is 1270. The number of H-pyrrole nitrogens is 1. The Hall–Kier alpha value is -3.59. The number of amides is 2.